The smallest absolute Gasteiger partial charge is 0.0595 e. The second kappa shape index (κ2) is 6.66. The third-order valence-electron chi connectivity index (χ3n) is 3.68. The summed E-state index contributed by atoms with van der Waals surface area (Å²) in [6.07, 6.45) is 2.82. The molecule has 0 aliphatic carbocycles. The van der Waals surface area contributed by atoms with Crippen molar-refractivity contribution in [2.75, 3.05) is 27.2 Å². The summed E-state index contributed by atoms with van der Waals surface area (Å²) in [5, 5.41) is 3.22. The van der Waals surface area contributed by atoms with Crippen molar-refractivity contribution < 1.29 is 4.74 Å². The van der Waals surface area contributed by atoms with Crippen LogP contribution in [-0.2, 0) is 17.8 Å². The zero-order chi connectivity index (χ0) is 13.0. The fourth-order valence-electron chi connectivity index (χ4n) is 2.55. The number of rotatable bonds is 5. The Bertz CT molecular complexity index is 370. The van der Waals surface area contributed by atoms with Gasteiger partial charge in [-0.1, -0.05) is 0 Å². The summed E-state index contributed by atoms with van der Waals surface area (Å²) in [6, 6.07) is 2.36. The number of nitrogens with one attached hydrogen (secondary N) is 1. The maximum atomic E-state index is 5.42. The second-order valence-electron chi connectivity index (χ2n) is 5.04. The molecule has 18 heavy (non-hydrogen) atoms. The number of ether oxygens (including phenoxy) is 1. The van der Waals surface area contributed by atoms with Gasteiger partial charge in [0.2, 0.25) is 0 Å². The number of piperidine rings is 1. The quantitative estimate of drug-likeness (QED) is 0.887. The highest BCUT2D eigenvalue weighted by molar-refractivity contribution is 7.12. The molecule has 1 aliphatic heterocycles. The van der Waals surface area contributed by atoms with Crippen molar-refractivity contribution in [2.45, 2.75) is 39.0 Å². The first-order valence-corrected chi connectivity index (χ1v) is 7.52. The SMILES string of the molecule is CNCc1cc(CN2CCC(OC)CC2)c(C)s1. The first-order chi connectivity index (χ1) is 8.72. The highest BCUT2D eigenvalue weighted by Crippen LogP contribution is 2.24. The molecule has 102 valence electrons. The van der Waals surface area contributed by atoms with E-state index in [1.165, 1.54) is 28.2 Å². The predicted octanol–water partition coefficient (Wildman–Crippen LogP) is 2.39. The van der Waals surface area contributed by atoms with Crippen LogP contribution >= 0.6 is 11.3 Å². The number of methoxy groups -OCH3 is 1. The standard InChI is InChI=1S/C14H24N2OS/c1-11-12(8-14(18-11)9-15-2)10-16-6-4-13(17-3)5-7-16/h8,13,15H,4-7,9-10H2,1-3H3. The molecule has 2 rings (SSSR count). The van der Waals surface area contributed by atoms with Gasteiger partial charge in [-0.05, 0) is 38.4 Å². The highest BCUT2D eigenvalue weighted by Gasteiger charge is 2.19. The van der Waals surface area contributed by atoms with Crippen molar-refractivity contribution in [2.24, 2.45) is 0 Å². The monoisotopic (exact) mass is 268 g/mol. The van der Waals surface area contributed by atoms with Crippen molar-refractivity contribution in [1.82, 2.24) is 10.2 Å². The molecule has 1 saturated heterocycles. The van der Waals surface area contributed by atoms with E-state index < -0.39 is 0 Å². The van der Waals surface area contributed by atoms with Crippen molar-refractivity contribution in [1.29, 1.82) is 0 Å². The van der Waals surface area contributed by atoms with E-state index in [-0.39, 0.29) is 0 Å². The fraction of sp³-hybridized carbons (Fsp3) is 0.714. The number of hydrogen-bond acceptors (Lipinski definition) is 4. The molecule has 1 aromatic rings. The Hall–Kier alpha value is -0.420. The van der Waals surface area contributed by atoms with Crippen molar-refractivity contribution in [3.63, 3.8) is 0 Å². The lowest BCUT2D eigenvalue weighted by Gasteiger charge is -2.31. The first-order valence-electron chi connectivity index (χ1n) is 6.71. The molecule has 0 unspecified atom stereocenters. The van der Waals surface area contributed by atoms with E-state index in [4.69, 9.17) is 4.74 Å². The maximum absolute atomic E-state index is 5.42. The van der Waals surface area contributed by atoms with Crippen molar-refractivity contribution in [3.05, 3.63) is 21.4 Å². The van der Waals surface area contributed by atoms with Gasteiger partial charge in [0.05, 0.1) is 6.10 Å². The lowest BCUT2D eigenvalue weighted by molar-refractivity contribution is 0.0388. The summed E-state index contributed by atoms with van der Waals surface area (Å²) in [5.74, 6) is 0. The van der Waals surface area contributed by atoms with Gasteiger partial charge in [0.15, 0.2) is 0 Å². The maximum Gasteiger partial charge on any atom is 0.0595 e. The molecule has 2 heterocycles. The van der Waals surface area contributed by atoms with E-state index in [2.05, 4.69) is 23.2 Å². The Morgan fingerprint density at radius 1 is 1.44 bits per heavy atom. The van der Waals surface area contributed by atoms with Gasteiger partial charge in [0, 0.05) is 43.0 Å². The summed E-state index contributed by atoms with van der Waals surface area (Å²) >= 11 is 1.92. The van der Waals surface area contributed by atoms with E-state index in [1.54, 1.807) is 0 Å². The van der Waals surface area contributed by atoms with Crippen LogP contribution < -0.4 is 5.32 Å². The molecule has 0 atom stereocenters. The molecule has 4 heteroatoms. The highest BCUT2D eigenvalue weighted by atomic mass is 32.1. The normalized spacial score (nSPS) is 18.4. The van der Waals surface area contributed by atoms with Gasteiger partial charge in [0.1, 0.15) is 0 Å². The molecule has 0 saturated carbocycles. The number of likely N-dealkylation sites (tertiary alicyclic amines) is 1. The van der Waals surface area contributed by atoms with Crippen LogP contribution in [0.4, 0.5) is 0 Å². The molecule has 0 bridgehead atoms. The Labute approximate surface area is 114 Å². The zero-order valence-corrected chi connectivity index (χ0v) is 12.5. The van der Waals surface area contributed by atoms with Crippen LogP contribution in [0.2, 0.25) is 0 Å². The molecule has 0 radical (unpaired) electrons. The van der Waals surface area contributed by atoms with E-state index in [0.717, 1.165) is 26.2 Å². The molecule has 0 spiro atoms. The minimum absolute atomic E-state index is 0.477. The van der Waals surface area contributed by atoms with Crippen LogP contribution in [0.25, 0.3) is 0 Å². The van der Waals surface area contributed by atoms with Crippen LogP contribution in [0.5, 0.6) is 0 Å². The molecule has 0 aromatic carbocycles. The van der Waals surface area contributed by atoms with Gasteiger partial charge in [0.25, 0.3) is 0 Å². The summed E-state index contributed by atoms with van der Waals surface area (Å²) < 4.78 is 5.42. The largest absolute Gasteiger partial charge is 0.381 e. The second-order valence-corrected chi connectivity index (χ2v) is 6.38. The average Bonchev–Trinajstić information content (AvgIpc) is 2.71. The van der Waals surface area contributed by atoms with Gasteiger partial charge < -0.3 is 10.1 Å². The van der Waals surface area contributed by atoms with Crippen LogP contribution in [0.15, 0.2) is 6.07 Å². The lowest BCUT2D eigenvalue weighted by Crippen LogP contribution is -2.36. The zero-order valence-electron chi connectivity index (χ0n) is 11.7. The third-order valence-corrected chi connectivity index (χ3v) is 4.78. The molecule has 3 nitrogen and oxygen atoms in total. The summed E-state index contributed by atoms with van der Waals surface area (Å²) in [5.41, 5.74) is 1.50. The topological polar surface area (TPSA) is 24.5 Å². The van der Waals surface area contributed by atoms with Crippen LogP contribution in [0, 0.1) is 6.92 Å². The molecule has 1 fully saturated rings. The Kier molecular flexibility index (Phi) is 5.18. The average molecular weight is 268 g/mol. The first kappa shape index (κ1) is 14.0. The molecular formula is C14H24N2OS. The van der Waals surface area contributed by atoms with E-state index in [0.29, 0.717) is 6.10 Å². The van der Waals surface area contributed by atoms with Gasteiger partial charge in [-0.25, -0.2) is 0 Å². The van der Waals surface area contributed by atoms with Gasteiger partial charge in [-0.3, -0.25) is 4.90 Å². The summed E-state index contributed by atoms with van der Waals surface area (Å²) in [6.45, 7) is 6.64. The van der Waals surface area contributed by atoms with Crippen LogP contribution in [0.3, 0.4) is 0 Å². The van der Waals surface area contributed by atoms with E-state index in [9.17, 15) is 0 Å². The number of aryl methyl sites for hydroxylation is 1. The lowest BCUT2D eigenvalue weighted by atomic mass is 10.1. The Morgan fingerprint density at radius 3 is 2.78 bits per heavy atom. The van der Waals surface area contributed by atoms with E-state index in [1.807, 2.05) is 25.5 Å². The van der Waals surface area contributed by atoms with Crippen molar-refractivity contribution >= 4 is 11.3 Å². The minimum atomic E-state index is 0.477. The molecule has 1 aliphatic rings. The van der Waals surface area contributed by atoms with Crippen LogP contribution in [-0.4, -0.2) is 38.3 Å². The van der Waals surface area contributed by atoms with Crippen molar-refractivity contribution in [3.8, 4) is 0 Å². The number of thiophene rings is 1. The third kappa shape index (κ3) is 3.54. The predicted molar refractivity (Wildman–Crippen MR) is 77.1 cm³/mol. The summed E-state index contributed by atoms with van der Waals surface area (Å²) in [4.78, 5) is 5.46. The molecule has 0 amide bonds. The number of nitrogens with zero attached hydrogens (tertiary/aromatic N) is 1. The Balaban J connectivity index is 1.89. The fourth-order valence-corrected chi connectivity index (χ4v) is 3.62. The Morgan fingerprint density at radius 2 is 2.17 bits per heavy atom. The molecule has 1 N–H and O–H groups in total. The minimum Gasteiger partial charge on any atom is -0.381 e. The molecule has 1 aromatic heterocycles. The van der Waals surface area contributed by atoms with Gasteiger partial charge in [-0.15, -0.1) is 11.3 Å². The van der Waals surface area contributed by atoms with E-state index >= 15 is 0 Å². The number of hydrogen-bond donors (Lipinski definition) is 1. The summed E-state index contributed by atoms with van der Waals surface area (Å²) in [7, 11) is 3.83. The van der Waals surface area contributed by atoms with Gasteiger partial charge >= 0.3 is 0 Å². The van der Waals surface area contributed by atoms with Gasteiger partial charge in [-0.2, -0.15) is 0 Å². The molecular weight excluding hydrogens is 244 g/mol. The van der Waals surface area contributed by atoms with Crippen LogP contribution in [0.1, 0.15) is 28.2 Å².